The van der Waals surface area contributed by atoms with Crippen LogP contribution in [0.2, 0.25) is 5.02 Å². The molecule has 3 aliphatic rings. The number of aliphatic hydroxyl groups is 1. The van der Waals surface area contributed by atoms with E-state index < -0.39 is 17.5 Å². The lowest BCUT2D eigenvalue weighted by Crippen LogP contribution is -2.75. The topological polar surface area (TPSA) is 75.6 Å². The Hall–Kier alpha value is -2.58. The summed E-state index contributed by atoms with van der Waals surface area (Å²) in [6.45, 7) is -0.396. The van der Waals surface area contributed by atoms with Gasteiger partial charge in [0.2, 0.25) is 0 Å². The van der Waals surface area contributed by atoms with Gasteiger partial charge in [0.1, 0.15) is 11.6 Å². The average Bonchev–Trinajstić information content (AvgIpc) is 2.72. The molecule has 0 heterocycles. The highest BCUT2D eigenvalue weighted by Gasteiger charge is 2.68. The number of halogens is 4. The number of nitrogens with one attached hydrogen (secondary N) is 1. The highest BCUT2D eigenvalue weighted by Crippen LogP contribution is 2.69. The van der Waals surface area contributed by atoms with E-state index in [2.05, 4.69) is 5.32 Å². The molecule has 176 valence electrons. The fourth-order valence-corrected chi connectivity index (χ4v) is 5.24. The molecule has 0 radical (unpaired) electrons. The van der Waals surface area contributed by atoms with Crippen molar-refractivity contribution in [3.05, 3.63) is 63.9 Å². The minimum atomic E-state index is -1.08. The molecule has 3 saturated carbocycles. The van der Waals surface area contributed by atoms with E-state index in [0.717, 1.165) is 18.2 Å². The number of rotatable bonds is 10. The lowest BCUT2D eigenvalue weighted by Gasteiger charge is -2.70. The minimum Gasteiger partial charge on any atom is -0.484 e. The van der Waals surface area contributed by atoms with Crippen molar-refractivity contribution in [3.8, 4) is 5.75 Å². The van der Waals surface area contributed by atoms with E-state index in [0.29, 0.717) is 31.2 Å². The molecule has 0 spiro atoms. The van der Waals surface area contributed by atoms with Crippen molar-refractivity contribution in [1.82, 2.24) is 5.32 Å². The number of benzene rings is 2. The van der Waals surface area contributed by atoms with Gasteiger partial charge < -0.3 is 15.2 Å². The second kappa shape index (κ2) is 8.99. The minimum absolute atomic E-state index is 0.0376. The summed E-state index contributed by atoms with van der Waals surface area (Å²) in [4.78, 5) is 25.1. The molecule has 0 aliphatic heterocycles. The zero-order valence-electron chi connectivity index (χ0n) is 17.7. The van der Waals surface area contributed by atoms with Crippen LogP contribution in [0.1, 0.15) is 48.0 Å². The first-order valence-corrected chi connectivity index (χ1v) is 11.0. The summed E-state index contributed by atoms with van der Waals surface area (Å²) < 4.78 is 46.1. The third kappa shape index (κ3) is 4.87. The summed E-state index contributed by atoms with van der Waals surface area (Å²) in [5, 5.41) is 11.9. The molecule has 2 aromatic carbocycles. The van der Waals surface area contributed by atoms with Crippen LogP contribution >= 0.6 is 11.6 Å². The molecular weight excluding hydrogens is 459 g/mol. The number of carbonyl (C=O) groups is 2. The molecule has 5 nitrogen and oxygen atoms in total. The van der Waals surface area contributed by atoms with Crippen molar-refractivity contribution in [2.24, 2.45) is 5.41 Å². The van der Waals surface area contributed by atoms with Crippen LogP contribution in [0.5, 0.6) is 5.75 Å². The second-order valence-corrected chi connectivity index (χ2v) is 9.48. The maximum atomic E-state index is 13.8. The Labute approximate surface area is 193 Å². The Morgan fingerprint density at radius 3 is 2.42 bits per heavy atom. The van der Waals surface area contributed by atoms with Crippen LogP contribution < -0.4 is 10.1 Å². The molecule has 2 bridgehead atoms. The third-order valence-electron chi connectivity index (χ3n) is 6.39. The predicted molar refractivity (Wildman–Crippen MR) is 115 cm³/mol. The lowest BCUT2D eigenvalue weighted by atomic mass is 9.38. The molecule has 3 fully saturated rings. The van der Waals surface area contributed by atoms with Crippen LogP contribution in [0.3, 0.4) is 0 Å². The monoisotopic (exact) mass is 481 g/mol. The van der Waals surface area contributed by atoms with Crippen molar-refractivity contribution in [1.29, 1.82) is 0 Å². The number of aryl methyl sites for hydroxylation is 1. The number of amides is 1. The summed E-state index contributed by atoms with van der Waals surface area (Å²) in [6, 6.07) is 5.87. The molecular formula is C24H23ClF3NO4. The number of Topliss-reactive ketones (excluding diaryl/α,β-unsaturated/α-hetero) is 1. The fraction of sp³-hybridized carbons (Fsp3) is 0.417. The normalized spacial score (nSPS) is 22.8. The van der Waals surface area contributed by atoms with Gasteiger partial charge in [-0.05, 0) is 67.3 Å². The lowest BCUT2D eigenvalue weighted by molar-refractivity contribution is -0.164. The molecule has 2 N–H and O–H groups in total. The molecule has 2 aromatic rings. The maximum Gasteiger partial charge on any atom is 0.258 e. The van der Waals surface area contributed by atoms with Crippen LogP contribution in [-0.4, -0.2) is 35.5 Å². The highest BCUT2D eigenvalue weighted by molar-refractivity contribution is 6.30. The molecule has 3 aliphatic carbocycles. The van der Waals surface area contributed by atoms with E-state index in [1.54, 1.807) is 0 Å². The Kier molecular flexibility index (Phi) is 6.42. The van der Waals surface area contributed by atoms with Crippen LogP contribution in [0, 0.1) is 22.9 Å². The zero-order chi connectivity index (χ0) is 23.8. The molecule has 0 unspecified atom stereocenters. The van der Waals surface area contributed by atoms with Crippen LogP contribution in [0.25, 0.3) is 0 Å². The third-order valence-corrected chi connectivity index (χ3v) is 6.70. The van der Waals surface area contributed by atoms with Crippen molar-refractivity contribution >= 4 is 23.3 Å². The van der Waals surface area contributed by atoms with E-state index in [9.17, 15) is 22.8 Å². The van der Waals surface area contributed by atoms with Crippen LogP contribution in [0.15, 0.2) is 30.3 Å². The number of ketones is 1. The second-order valence-electron chi connectivity index (χ2n) is 9.07. The molecule has 33 heavy (non-hydrogen) atoms. The summed E-state index contributed by atoms with van der Waals surface area (Å²) >= 11 is 5.62. The van der Waals surface area contributed by atoms with Gasteiger partial charge in [-0.3, -0.25) is 9.59 Å². The van der Waals surface area contributed by atoms with Gasteiger partial charge in [0.25, 0.3) is 5.91 Å². The molecule has 0 saturated heterocycles. The first-order chi connectivity index (χ1) is 15.6. The van der Waals surface area contributed by atoms with E-state index in [4.69, 9.17) is 21.4 Å². The predicted octanol–water partition coefficient (Wildman–Crippen LogP) is 4.37. The summed E-state index contributed by atoms with van der Waals surface area (Å²) in [5.41, 5.74) is -0.115. The van der Waals surface area contributed by atoms with Gasteiger partial charge in [-0.25, -0.2) is 13.2 Å². The Morgan fingerprint density at radius 2 is 1.76 bits per heavy atom. The van der Waals surface area contributed by atoms with E-state index >= 15 is 0 Å². The van der Waals surface area contributed by atoms with Crippen molar-refractivity contribution < 1.29 is 32.6 Å². The zero-order valence-corrected chi connectivity index (χ0v) is 18.5. The van der Waals surface area contributed by atoms with Crippen molar-refractivity contribution in [2.75, 3.05) is 13.2 Å². The van der Waals surface area contributed by atoms with E-state index in [-0.39, 0.29) is 65.0 Å². The van der Waals surface area contributed by atoms with E-state index in [1.165, 1.54) is 12.1 Å². The van der Waals surface area contributed by atoms with Gasteiger partial charge in [0, 0.05) is 30.2 Å². The van der Waals surface area contributed by atoms with Gasteiger partial charge in [-0.1, -0.05) is 11.6 Å². The maximum absolute atomic E-state index is 13.8. The van der Waals surface area contributed by atoms with Gasteiger partial charge in [0.05, 0.1) is 5.02 Å². The number of aliphatic hydroxyl groups excluding tert-OH is 1. The number of hydrogen-bond donors (Lipinski definition) is 2. The Bertz CT molecular complexity index is 1090. The van der Waals surface area contributed by atoms with Crippen LogP contribution in [-0.2, 0) is 11.2 Å². The SMILES string of the molecule is O=C(COc1ccc(Cl)c(F)c1)NC12CC(CC(=O)c3cc(F)c(F)cc3CCCO)(C1)C2. The Morgan fingerprint density at radius 1 is 1.06 bits per heavy atom. The quantitative estimate of drug-likeness (QED) is 0.494. The molecule has 9 heteroatoms. The van der Waals surface area contributed by atoms with Crippen molar-refractivity contribution in [2.45, 2.75) is 44.1 Å². The first kappa shape index (κ1) is 23.6. The molecule has 0 aromatic heterocycles. The van der Waals surface area contributed by atoms with Gasteiger partial charge in [-0.2, -0.15) is 0 Å². The molecule has 1 amide bonds. The number of hydrogen-bond acceptors (Lipinski definition) is 4. The standard InChI is InChI=1S/C24H23ClF3NO4/c25-17-4-3-15(7-18(17)26)33-10-22(32)29-24-11-23(12-24,13-24)9-21(31)16-8-20(28)19(27)6-14(16)2-1-5-30/h3-4,6-8,30H,1-2,5,9-13H2,(H,29,32). The summed E-state index contributed by atoms with van der Waals surface area (Å²) in [6.07, 6.45) is 2.64. The highest BCUT2D eigenvalue weighted by atomic mass is 35.5. The smallest absolute Gasteiger partial charge is 0.258 e. The van der Waals surface area contributed by atoms with Gasteiger partial charge >= 0.3 is 0 Å². The average molecular weight is 482 g/mol. The summed E-state index contributed by atoms with van der Waals surface area (Å²) in [5.74, 6) is -3.16. The fourth-order valence-electron chi connectivity index (χ4n) is 5.13. The van der Waals surface area contributed by atoms with Crippen LogP contribution in [0.4, 0.5) is 13.2 Å². The molecule has 5 rings (SSSR count). The Balaban J connectivity index is 1.29. The van der Waals surface area contributed by atoms with Gasteiger partial charge in [0.15, 0.2) is 24.0 Å². The first-order valence-electron chi connectivity index (χ1n) is 10.7. The van der Waals surface area contributed by atoms with E-state index in [1.807, 2.05) is 0 Å². The molecule has 0 atom stereocenters. The van der Waals surface area contributed by atoms with Gasteiger partial charge in [-0.15, -0.1) is 0 Å². The van der Waals surface area contributed by atoms with Crippen molar-refractivity contribution in [3.63, 3.8) is 0 Å². The number of ether oxygens (including phenoxy) is 1. The summed E-state index contributed by atoms with van der Waals surface area (Å²) in [7, 11) is 0. The number of carbonyl (C=O) groups excluding carboxylic acids is 2. The largest absolute Gasteiger partial charge is 0.484 e.